The first-order valence-corrected chi connectivity index (χ1v) is 6.17. The summed E-state index contributed by atoms with van der Waals surface area (Å²) in [5.74, 6) is -0.846. The highest BCUT2D eigenvalue weighted by molar-refractivity contribution is 5.54. The average molecular weight is 278 g/mol. The summed E-state index contributed by atoms with van der Waals surface area (Å²) >= 11 is 0. The van der Waals surface area contributed by atoms with Crippen LogP contribution in [0.25, 0.3) is 0 Å². The van der Waals surface area contributed by atoms with E-state index in [0.717, 1.165) is 12.1 Å². The smallest absolute Gasteiger partial charge is 0.229 e. The molecule has 4 nitrogen and oxygen atoms in total. The van der Waals surface area contributed by atoms with Gasteiger partial charge in [0.25, 0.3) is 0 Å². The molecule has 1 aromatic heterocycles. The molecule has 0 aliphatic rings. The summed E-state index contributed by atoms with van der Waals surface area (Å²) in [6, 6.07) is 5.27. The molecule has 0 bridgehead atoms. The third kappa shape index (κ3) is 3.88. The second-order valence-corrected chi connectivity index (χ2v) is 5.39. The van der Waals surface area contributed by atoms with E-state index in [9.17, 15) is 8.78 Å². The molecular weight excluding hydrogens is 262 g/mol. The van der Waals surface area contributed by atoms with E-state index < -0.39 is 11.6 Å². The van der Waals surface area contributed by atoms with Gasteiger partial charge in [0.05, 0.1) is 0 Å². The normalized spacial score (nSPS) is 11.2. The van der Waals surface area contributed by atoms with Gasteiger partial charge in [0.2, 0.25) is 5.95 Å². The van der Waals surface area contributed by atoms with Crippen LogP contribution in [0.2, 0.25) is 0 Å². The molecule has 2 N–H and O–H groups in total. The second kappa shape index (κ2) is 5.40. The van der Waals surface area contributed by atoms with E-state index in [1.807, 2.05) is 20.8 Å². The Labute approximate surface area is 116 Å². The molecule has 2 rings (SSSR count). The molecule has 0 amide bonds. The van der Waals surface area contributed by atoms with Crippen molar-refractivity contribution in [3.05, 3.63) is 42.1 Å². The van der Waals surface area contributed by atoms with Gasteiger partial charge in [0.15, 0.2) is 11.6 Å². The van der Waals surface area contributed by atoms with Crippen LogP contribution in [-0.4, -0.2) is 15.5 Å². The number of hydrogen-bond donors (Lipinski definition) is 2. The number of aromatic nitrogens is 2. The number of halogens is 2. The Bertz CT molecular complexity index is 608. The second-order valence-electron chi connectivity index (χ2n) is 5.39. The van der Waals surface area contributed by atoms with Gasteiger partial charge in [0.1, 0.15) is 5.82 Å². The van der Waals surface area contributed by atoms with E-state index in [0.29, 0.717) is 17.5 Å². The standard InChI is InChI=1S/C14H16F2N4/c1-14(2,3)20-12-6-7-17-13(19-12)18-9-4-5-10(15)11(16)8-9/h4-8H,1-3H3,(H2,17,18,19,20). The van der Waals surface area contributed by atoms with Crippen LogP contribution in [-0.2, 0) is 0 Å². The maximum Gasteiger partial charge on any atom is 0.229 e. The predicted molar refractivity (Wildman–Crippen MR) is 75.0 cm³/mol. The molecule has 0 unspecified atom stereocenters. The lowest BCUT2D eigenvalue weighted by molar-refractivity contribution is 0.509. The minimum absolute atomic E-state index is 0.131. The summed E-state index contributed by atoms with van der Waals surface area (Å²) in [6.07, 6.45) is 1.59. The number of anilines is 3. The first-order chi connectivity index (χ1) is 9.33. The summed E-state index contributed by atoms with van der Waals surface area (Å²) < 4.78 is 26.0. The lowest BCUT2D eigenvalue weighted by Gasteiger charge is -2.21. The number of hydrogen-bond acceptors (Lipinski definition) is 4. The van der Waals surface area contributed by atoms with Gasteiger partial charge in [-0.15, -0.1) is 0 Å². The van der Waals surface area contributed by atoms with Gasteiger partial charge in [-0.3, -0.25) is 0 Å². The third-order valence-corrected chi connectivity index (χ3v) is 2.33. The van der Waals surface area contributed by atoms with Crippen LogP contribution in [0, 0.1) is 11.6 Å². The molecule has 0 saturated carbocycles. The minimum atomic E-state index is -0.918. The van der Waals surface area contributed by atoms with Crippen LogP contribution >= 0.6 is 0 Å². The lowest BCUT2D eigenvalue weighted by Crippen LogP contribution is -2.26. The van der Waals surface area contributed by atoms with Crippen molar-refractivity contribution in [2.24, 2.45) is 0 Å². The Morgan fingerprint density at radius 2 is 1.80 bits per heavy atom. The summed E-state index contributed by atoms with van der Waals surface area (Å²) in [5, 5.41) is 6.03. The van der Waals surface area contributed by atoms with Crippen molar-refractivity contribution in [2.75, 3.05) is 10.6 Å². The molecule has 2 aromatic rings. The van der Waals surface area contributed by atoms with Crippen LogP contribution in [0.3, 0.4) is 0 Å². The molecule has 106 valence electrons. The van der Waals surface area contributed by atoms with Crippen molar-refractivity contribution < 1.29 is 8.78 Å². The maximum atomic E-state index is 13.1. The van der Waals surface area contributed by atoms with Gasteiger partial charge in [-0.1, -0.05) is 0 Å². The van der Waals surface area contributed by atoms with Crippen molar-refractivity contribution >= 4 is 17.5 Å². The van der Waals surface area contributed by atoms with E-state index >= 15 is 0 Å². The van der Waals surface area contributed by atoms with Gasteiger partial charge in [-0.25, -0.2) is 13.8 Å². The Morgan fingerprint density at radius 3 is 2.45 bits per heavy atom. The maximum absolute atomic E-state index is 13.1. The van der Waals surface area contributed by atoms with Gasteiger partial charge in [0, 0.05) is 23.5 Å². The highest BCUT2D eigenvalue weighted by Gasteiger charge is 2.11. The van der Waals surface area contributed by atoms with E-state index in [2.05, 4.69) is 20.6 Å². The molecule has 1 heterocycles. The largest absolute Gasteiger partial charge is 0.365 e. The summed E-state index contributed by atoms with van der Waals surface area (Å²) in [7, 11) is 0. The Kier molecular flexibility index (Phi) is 3.83. The van der Waals surface area contributed by atoms with Crippen LogP contribution in [0.5, 0.6) is 0 Å². The molecule has 0 aliphatic heterocycles. The first-order valence-electron chi connectivity index (χ1n) is 6.17. The first kappa shape index (κ1) is 14.2. The molecule has 0 aliphatic carbocycles. The van der Waals surface area contributed by atoms with Crippen molar-refractivity contribution in [3.8, 4) is 0 Å². The minimum Gasteiger partial charge on any atom is -0.365 e. The fraction of sp³-hybridized carbons (Fsp3) is 0.286. The molecular formula is C14H16F2N4. The van der Waals surface area contributed by atoms with Gasteiger partial charge < -0.3 is 10.6 Å². The van der Waals surface area contributed by atoms with Crippen LogP contribution in [0.1, 0.15) is 20.8 Å². The predicted octanol–water partition coefficient (Wildman–Crippen LogP) is 3.71. The summed E-state index contributed by atoms with van der Waals surface area (Å²) in [4.78, 5) is 8.29. The van der Waals surface area contributed by atoms with Crippen molar-refractivity contribution in [2.45, 2.75) is 26.3 Å². The monoisotopic (exact) mass is 278 g/mol. The number of benzene rings is 1. The fourth-order valence-corrected chi connectivity index (χ4v) is 1.58. The molecule has 0 radical (unpaired) electrons. The number of rotatable bonds is 3. The molecule has 6 heteroatoms. The van der Waals surface area contributed by atoms with E-state index in [1.165, 1.54) is 6.07 Å². The van der Waals surface area contributed by atoms with Gasteiger partial charge in [-0.2, -0.15) is 4.98 Å². The van der Waals surface area contributed by atoms with Gasteiger partial charge in [-0.05, 0) is 39.0 Å². The molecule has 0 atom stereocenters. The molecule has 0 saturated heterocycles. The average Bonchev–Trinajstić information content (AvgIpc) is 2.32. The van der Waals surface area contributed by atoms with E-state index in [4.69, 9.17) is 0 Å². The summed E-state index contributed by atoms with van der Waals surface area (Å²) in [6.45, 7) is 6.03. The number of nitrogens with zero attached hydrogens (tertiary/aromatic N) is 2. The summed E-state index contributed by atoms with van der Waals surface area (Å²) in [5.41, 5.74) is 0.255. The quantitative estimate of drug-likeness (QED) is 0.898. The lowest BCUT2D eigenvalue weighted by atomic mass is 10.1. The molecule has 0 fully saturated rings. The van der Waals surface area contributed by atoms with E-state index in [-0.39, 0.29) is 5.54 Å². The third-order valence-electron chi connectivity index (χ3n) is 2.33. The van der Waals surface area contributed by atoms with Crippen molar-refractivity contribution in [1.29, 1.82) is 0 Å². The topological polar surface area (TPSA) is 49.8 Å². The zero-order valence-electron chi connectivity index (χ0n) is 11.5. The van der Waals surface area contributed by atoms with Crippen LogP contribution in [0.4, 0.5) is 26.2 Å². The Balaban J connectivity index is 2.17. The number of nitrogens with one attached hydrogen (secondary N) is 2. The molecule has 20 heavy (non-hydrogen) atoms. The zero-order valence-corrected chi connectivity index (χ0v) is 11.5. The highest BCUT2D eigenvalue weighted by atomic mass is 19.2. The molecule has 1 aromatic carbocycles. The van der Waals surface area contributed by atoms with E-state index in [1.54, 1.807) is 12.3 Å². The SMILES string of the molecule is CC(C)(C)Nc1ccnc(Nc2ccc(F)c(F)c2)n1. The fourth-order valence-electron chi connectivity index (χ4n) is 1.58. The highest BCUT2D eigenvalue weighted by Crippen LogP contribution is 2.18. The van der Waals surface area contributed by atoms with Crippen molar-refractivity contribution in [3.63, 3.8) is 0 Å². The Morgan fingerprint density at radius 1 is 1.05 bits per heavy atom. The van der Waals surface area contributed by atoms with Crippen LogP contribution in [0.15, 0.2) is 30.5 Å². The molecule has 0 spiro atoms. The Hall–Kier alpha value is -2.24. The van der Waals surface area contributed by atoms with Crippen molar-refractivity contribution in [1.82, 2.24) is 9.97 Å². The van der Waals surface area contributed by atoms with Gasteiger partial charge >= 0.3 is 0 Å². The van der Waals surface area contributed by atoms with Crippen LogP contribution < -0.4 is 10.6 Å². The zero-order chi connectivity index (χ0) is 14.8.